The van der Waals surface area contributed by atoms with Crippen LogP contribution < -0.4 is 0 Å². The predicted molar refractivity (Wildman–Crippen MR) is 40.2 cm³/mol. The Morgan fingerprint density at radius 1 is 1.60 bits per heavy atom. The van der Waals surface area contributed by atoms with Crippen molar-refractivity contribution in [1.82, 2.24) is 0 Å². The first kappa shape index (κ1) is 9.62. The molecule has 0 aromatic heterocycles. The first-order valence-electron chi connectivity index (χ1n) is 3.03. The molecule has 0 unspecified atom stereocenters. The van der Waals surface area contributed by atoms with Crippen molar-refractivity contribution in [2.24, 2.45) is 0 Å². The molecule has 0 aliphatic heterocycles. The van der Waals surface area contributed by atoms with Gasteiger partial charge in [-0.05, 0) is 6.42 Å². The van der Waals surface area contributed by atoms with Gasteiger partial charge in [-0.15, -0.1) is 0 Å². The normalized spacial score (nSPS) is 12.6. The maximum absolute atomic E-state index is 10.5. The Labute approximate surface area is 63.2 Å². The van der Waals surface area contributed by atoms with E-state index in [0.717, 1.165) is 0 Å². The number of carbonyl (C=O) groups is 1. The summed E-state index contributed by atoms with van der Waals surface area (Å²) in [6.45, 7) is 0. The van der Waals surface area contributed by atoms with E-state index in [2.05, 4.69) is 4.74 Å². The van der Waals surface area contributed by atoms with Gasteiger partial charge in [0.1, 0.15) is 0 Å². The Hall–Kier alpha value is -0.380. The average molecular weight is 164 g/mol. The Morgan fingerprint density at radius 3 is 2.60 bits per heavy atom. The van der Waals surface area contributed by atoms with Crippen LogP contribution in [0.25, 0.3) is 0 Å². The van der Waals surface area contributed by atoms with Crippen LogP contribution in [0.2, 0.25) is 0 Å². The van der Waals surface area contributed by atoms with E-state index < -0.39 is 10.8 Å². The van der Waals surface area contributed by atoms with Crippen molar-refractivity contribution in [3.63, 3.8) is 0 Å². The van der Waals surface area contributed by atoms with E-state index in [-0.39, 0.29) is 5.97 Å². The highest BCUT2D eigenvalue weighted by atomic mass is 32.2. The summed E-state index contributed by atoms with van der Waals surface area (Å²) in [5.74, 6) is 0.347. The number of carbonyl (C=O) groups excluding carboxylic acids is 1. The molecule has 0 aromatic rings. The molecular weight excluding hydrogens is 152 g/mol. The van der Waals surface area contributed by atoms with E-state index in [4.69, 9.17) is 0 Å². The van der Waals surface area contributed by atoms with Crippen LogP contribution in [0.4, 0.5) is 0 Å². The maximum atomic E-state index is 10.5. The van der Waals surface area contributed by atoms with Crippen molar-refractivity contribution < 1.29 is 13.7 Å². The third-order valence-corrected chi connectivity index (χ3v) is 1.90. The largest absolute Gasteiger partial charge is 0.469 e. The lowest BCUT2D eigenvalue weighted by Gasteiger charge is -1.95. The fourth-order valence-electron chi connectivity index (χ4n) is 0.522. The summed E-state index contributed by atoms with van der Waals surface area (Å²) in [5, 5.41) is 0. The zero-order valence-electron chi connectivity index (χ0n) is 6.25. The second-order valence-electron chi connectivity index (χ2n) is 1.96. The summed E-state index contributed by atoms with van der Waals surface area (Å²) in [4.78, 5) is 10.5. The van der Waals surface area contributed by atoms with Gasteiger partial charge in [-0.3, -0.25) is 9.00 Å². The van der Waals surface area contributed by atoms with Crippen molar-refractivity contribution >= 4 is 16.8 Å². The van der Waals surface area contributed by atoms with Gasteiger partial charge in [0.15, 0.2) is 0 Å². The van der Waals surface area contributed by atoms with Crippen molar-refractivity contribution in [2.45, 2.75) is 12.8 Å². The molecule has 0 aliphatic carbocycles. The first-order valence-corrected chi connectivity index (χ1v) is 4.76. The SMILES string of the molecule is COC(=O)CCC[S@@](C)=O. The third kappa shape index (κ3) is 5.75. The topological polar surface area (TPSA) is 43.4 Å². The van der Waals surface area contributed by atoms with Crippen LogP contribution in [0.1, 0.15) is 12.8 Å². The molecule has 0 saturated heterocycles. The van der Waals surface area contributed by atoms with E-state index in [9.17, 15) is 9.00 Å². The molecule has 3 nitrogen and oxygen atoms in total. The summed E-state index contributed by atoms with van der Waals surface area (Å²) in [7, 11) is 0.561. The number of hydrogen-bond acceptors (Lipinski definition) is 3. The van der Waals surface area contributed by atoms with Gasteiger partial charge in [-0.25, -0.2) is 0 Å². The molecule has 0 radical (unpaired) electrons. The Bertz CT molecular complexity index is 133. The van der Waals surface area contributed by atoms with E-state index >= 15 is 0 Å². The van der Waals surface area contributed by atoms with Crippen molar-refractivity contribution in [2.75, 3.05) is 19.1 Å². The molecule has 0 amide bonds. The average Bonchev–Trinajstić information content (AvgIpc) is 1.87. The Morgan fingerprint density at radius 2 is 2.20 bits per heavy atom. The van der Waals surface area contributed by atoms with Gasteiger partial charge >= 0.3 is 5.97 Å². The van der Waals surface area contributed by atoms with E-state index in [1.807, 2.05) is 0 Å². The summed E-state index contributed by atoms with van der Waals surface area (Å²) in [5.41, 5.74) is 0. The minimum atomic E-state index is -0.792. The summed E-state index contributed by atoms with van der Waals surface area (Å²) >= 11 is 0. The molecule has 0 spiro atoms. The summed E-state index contributed by atoms with van der Waals surface area (Å²) < 4.78 is 14.9. The van der Waals surface area contributed by atoms with Gasteiger partial charge < -0.3 is 4.74 Å². The minimum Gasteiger partial charge on any atom is -0.469 e. The number of esters is 1. The van der Waals surface area contributed by atoms with Gasteiger partial charge in [0.2, 0.25) is 0 Å². The number of ether oxygens (including phenoxy) is 1. The van der Waals surface area contributed by atoms with Gasteiger partial charge in [0.05, 0.1) is 7.11 Å². The molecule has 0 rings (SSSR count). The lowest BCUT2D eigenvalue weighted by atomic mass is 10.3. The first-order chi connectivity index (χ1) is 4.66. The number of hydrogen-bond donors (Lipinski definition) is 0. The smallest absolute Gasteiger partial charge is 0.305 e. The highest BCUT2D eigenvalue weighted by molar-refractivity contribution is 7.84. The standard InChI is InChI=1S/C6H12O3S/c1-9-6(7)4-3-5-10(2)8/h3-5H2,1-2H3/t10-/m1/s1. The molecule has 0 heterocycles. The van der Waals surface area contributed by atoms with Crippen LogP contribution in [-0.4, -0.2) is 29.3 Å². The van der Waals surface area contributed by atoms with Crippen molar-refractivity contribution in [3.8, 4) is 0 Å². The molecular formula is C6H12O3S. The lowest BCUT2D eigenvalue weighted by Crippen LogP contribution is -2.03. The lowest BCUT2D eigenvalue weighted by molar-refractivity contribution is -0.140. The van der Waals surface area contributed by atoms with Crippen LogP contribution in [0.15, 0.2) is 0 Å². The Balaban J connectivity index is 3.20. The molecule has 10 heavy (non-hydrogen) atoms. The zero-order valence-corrected chi connectivity index (χ0v) is 7.07. The summed E-state index contributed by atoms with van der Waals surface area (Å²) in [6.07, 6.45) is 2.64. The second kappa shape index (κ2) is 5.41. The van der Waals surface area contributed by atoms with Crippen LogP contribution >= 0.6 is 0 Å². The second-order valence-corrected chi connectivity index (χ2v) is 3.51. The monoisotopic (exact) mass is 164 g/mol. The van der Waals surface area contributed by atoms with E-state index in [1.54, 1.807) is 6.26 Å². The highest BCUT2D eigenvalue weighted by Gasteiger charge is 1.99. The fraction of sp³-hybridized carbons (Fsp3) is 0.833. The Kier molecular flexibility index (Phi) is 5.20. The zero-order chi connectivity index (χ0) is 7.98. The van der Waals surface area contributed by atoms with Crippen LogP contribution in [0, 0.1) is 0 Å². The molecule has 0 fully saturated rings. The molecule has 0 N–H and O–H groups in total. The molecule has 1 atom stereocenters. The fourth-order valence-corrected chi connectivity index (χ4v) is 1.07. The van der Waals surface area contributed by atoms with Crippen molar-refractivity contribution in [3.05, 3.63) is 0 Å². The van der Waals surface area contributed by atoms with Gasteiger partial charge in [0.25, 0.3) is 0 Å². The van der Waals surface area contributed by atoms with Gasteiger partial charge in [-0.2, -0.15) is 0 Å². The number of methoxy groups -OCH3 is 1. The van der Waals surface area contributed by atoms with Gasteiger partial charge in [-0.1, -0.05) is 0 Å². The molecule has 0 bridgehead atoms. The molecule has 4 heteroatoms. The summed E-state index contributed by atoms with van der Waals surface area (Å²) in [6, 6.07) is 0. The van der Waals surface area contributed by atoms with Gasteiger partial charge in [0, 0.05) is 29.2 Å². The molecule has 0 aliphatic rings. The number of rotatable bonds is 4. The third-order valence-electron chi connectivity index (χ3n) is 1.04. The quantitative estimate of drug-likeness (QED) is 0.562. The van der Waals surface area contributed by atoms with Crippen LogP contribution in [0.3, 0.4) is 0 Å². The van der Waals surface area contributed by atoms with Crippen LogP contribution in [0.5, 0.6) is 0 Å². The molecule has 0 saturated carbocycles. The predicted octanol–water partition coefficient (Wildman–Crippen LogP) is 0.318. The van der Waals surface area contributed by atoms with Crippen molar-refractivity contribution in [1.29, 1.82) is 0 Å². The maximum Gasteiger partial charge on any atom is 0.305 e. The highest BCUT2D eigenvalue weighted by Crippen LogP contribution is 1.92. The minimum absolute atomic E-state index is 0.231. The van der Waals surface area contributed by atoms with E-state index in [0.29, 0.717) is 18.6 Å². The molecule has 60 valence electrons. The van der Waals surface area contributed by atoms with Crippen LogP contribution in [-0.2, 0) is 20.3 Å². The van der Waals surface area contributed by atoms with E-state index in [1.165, 1.54) is 7.11 Å². The molecule has 0 aromatic carbocycles.